The summed E-state index contributed by atoms with van der Waals surface area (Å²) in [5.41, 5.74) is -0.493. The van der Waals surface area contributed by atoms with Gasteiger partial charge in [-0.3, -0.25) is 19.5 Å². The Morgan fingerprint density at radius 3 is 2.29 bits per heavy atom. The third-order valence-corrected chi connectivity index (χ3v) is 5.21. The van der Waals surface area contributed by atoms with Crippen LogP contribution in [0.5, 0.6) is 5.75 Å². The van der Waals surface area contributed by atoms with Crippen LogP contribution in [-0.2, 0) is 9.59 Å². The number of anilines is 1. The molecule has 1 aromatic carbocycles. The van der Waals surface area contributed by atoms with Crippen molar-refractivity contribution in [2.24, 2.45) is 5.41 Å². The Balaban J connectivity index is 1.66. The predicted molar refractivity (Wildman–Crippen MR) is 106 cm³/mol. The molecule has 1 N–H and O–H groups in total. The molecular formula is C21H25N3O4. The number of rotatable bonds is 8. The van der Waals surface area contributed by atoms with Crippen LogP contribution in [0.1, 0.15) is 6.92 Å². The number of carbonyl (C=O) groups excluding carboxylic acids is 1. The summed E-state index contributed by atoms with van der Waals surface area (Å²) in [5.74, 6) is -0.989. The average Bonchev–Trinajstić information content (AvgIpc) is 2.72. The number of ketones is 1. The number of piperazine rings is 1. The van der Waals surface area contributed by atoms with Gasteiger partial charge in [0.1, 0.15) is 12.4 Å². The molecule has 28 heavy (non-hydrogen) atoms. The average molecular weight is 383 g/mol. The van der Waals surface area contributed by atoms with Crippen LogP contribution in [-0.4, -0.2) is 66.1 Å². The molecule has 148 valence electrons. The first-order valence-corrected chi connectivity index (χ1v) is 9.31. The molecule has 1 unspecified atom stereocenters. The number of ether oxygens (including phenoxy) is 1. The van der Waals surface area contributed by atoms with Crippen molar-refractivity contribution in [2.75, 3.05) is 44.2 Å². The fourth-order valence-electron chi connectivity index (χ4n) is 3.36. The summed E-state index contributed by atoms with van der Waals surface area (Å²) in [4.78, 5) is 32.8. The standard InChI is InChI=1S/C21H25N3O4/c1-17(25)21(20(26)27,16-28-19-5-3-2-4-6-19)15-23-11-13-24(14-12-23)18-7-9-22-10-8-18/h2-10H,11-16H2,1H3,(H,26,27). The predicted octanol–water partition coefficient (Wildman–Crippen LogP) is 1.94. The van der Waals surface area contributed by atoms with Crippen molar-refractivity contribution in [1.82, 2.24) is 9.88 Å². The summed E-state index contributed by atoms with van der Waals surface area (Å²) < 4.78 is 5.68. The molecule has 1 atom stereocenters. The maximum Gasteiger partial charge on any atom is 0.322 e. The molecule has 3 rings (SSSR count). The van der Waals surface area contributed by atoms with E-state index >= 15 is 0 Å². The molecule has 0 aliphatic carbocycles. The monoisotopic (exact) mass is 383 g/mol. The zero-order chi connectivity index (χ0) is 20.0. The van der Waals surface area contributed by atoms with Gasteiger partial charge in [-0.15, -0.1) is 0 Å². The van der Waals surface area contributed by atoms with Crippen molar-refractivity contribution in [3.8, 4) is 5.75 Å². The molecule has 0 saturated carbocycles. The Bertz CT molecular complexity index is 776. The first kappa shape index (κ1) is 19.8. The molecule has 1 aliphatic heterocycles. The normalized spacial score (nSPS) is 17.0. The van der Waals surface area contributed by atoms with Gasteiger partial charge >= 0.3 is 5.97 Å². The van der Waals surface area contributed by atoms with Gasteiger partial charge in [0.15, 0.2) is 11.2 Å². The van der Waals surface area contributed by atoms with Crippen LogP contribution in [0.15, 0.2) is 54.9 Å². The minimum Gasteiger partial charge on any atom is -0.492 e. The molecule has 7 heteroatoms. The van der Waals surface area contributed by atoms with Gasteiger partial charge in [0.2, 0.25) is 0 Å². The second-order valence-electron chi connectivity index (χ2n) is 7.01. The van der Waals surface area contributed by atoms with Gasteiger partial charge in [0.05, 0.1) is 0 Å². The number of carboxylic acids is 1. The van der Waals surface area contributed by atoms with Gasteiger partial charge in [0, 0.05) is 50.8 Å². The minimum atomic E-state index is -1.59. The van der Waals surface area contributed by atoms with E-state index in [1.54, 1.807) is 24.5 Å². The third kappa shape index (κ3) is 4.48. The SMILES string of the molecule is CC(=O)C(COc1ccccc1)(CN1CCN(c2ccncc2)CC1)C(=O)O. The molecule has 0 bridgehead atoms. The molecule has 7 nitrogen and oxygen atoms in total. The van der Waals surface area contributed by atoms with Gasteiger partial charge in [-0.25, -0.2) is 0 Å². The maximum atomic E-state index is 12.4. The Morgan fingerprint density at radius 2 is 1.71 bits per heavy atom. The zero-order valence-corrected chi connectivity index (χ0v) is 16.0. The molecule has 0 amide bonds. The van der Waals surface area contributed by atoms with Crippen LogP contribution in [0.2, 0.25) is 0 Å². The summed E-state index contributed by atoms with van der Waals surface area (Å²) >= 11 is 0. The van der Waals surface area contributed by atoms with E-state index in [-0.39, 0.29) is 13.2 Å². The summed E-state index contributed by atoms with van der Waals surface area (Å²) in [7, 11) is 0. The highest BCUT2D eigenvalue weighted by Gasteiger charge is 2.46. The maximum absolute atomic E-state index is 12.4. The first-order valence-electron chi connectivity index (χ1n) is 9.31. The number of benzene rings is 1. The van der Waals surface area contributed by atoms with Crippen LogP contribution in [0.4, 0.5) is 5.69 Å². The smallest absolute Gasteiger partial charge is 0.322 e. The van der Waals surface area contributed by atoms with Gasteiger partial charge < -0.3 is 14.7 Å². The second-order valence-corrected chi connectivity index (χ2v) is 7.01. The van der Waals surface area contributed by atoms with Crippen molar-refractivity contribution in [3.05, 3.63) is 54.9 Å². The van der Waals surface area contributed by atoms with Crippen LogP contribution < -0.4 is 9.64 Å². The zero-order valence-electron chi connectivity index (χ0n) is 16.0. The van der Waals surface area contributed by atoms with Gasteiger partial charge in [0.25, 0.3) is 0 Å². The highest BCUT2D eigenvalue weighted by atomic mass is 16.5. The summed E-state index contributed by atoms with van der Waals surface area (Å²) in [5, 5.41) is 9.89. The van der Waals surface area contributed by atoms with E-state index in [0.29, 0.717) is 18.8 Å². The van der Waals surface area contributed by atoms with Crippen molar-refractivity contribution >= 4 is 17.4 Å². The minimum absolute atomic E-state index is 0.134. The number of pyridine rings is 1. The lowest BCUT2D eigenvalue weighted by molar-refractivity contribution is -0.158. The fourth-order valence-corrected chi connectivity index (χ4v) is 3.36. The summed E-state index contributed by atoms with van der Waals surface area (Å²) in [6.45, 7) is 4.15. The van der Waals surface area contributed by atoms with Crippen molar-refractivity contribution < 1.29 is 19.4 Å². The Hall–Kier alpha value is -2.93. The molecule has 1 aliphatic rings. The molecule has 0 radical (unpaired) electrons. The molecule has 1 fully saturated rings. The number of nitrogens with zero attached hydrogens (tertiary/aromatic N) is 3. The van der Waals surface area contributed by atoms with Crippen molar-refractivity contribution in [2.45, 2.75) is 6.92 Å². The summed E-state index contributed by atoms with van der Waals surface area (Å²) in [6, 6.07) is 12.9. The Labute approximate surface area is 164 Å². The highest BCUT2D eigenvalue weighted by Crippen LogP contribution is 2.25. The lowest BCUT2D eigenvalue weighted by Crippen LogP contribution is -2.56. The van der Waals surface area contributed by atoms with Crippen molar-refractivity contribution in [3.63, 3.8) is 0 Å². The van der Waals surface area contributed by atoms with Crippen LogP contribution in [0.25, 0.3) is 0 Å². The topological polar surface area (TPSA) is 83.0 Å². The lowest BCUT2D eigenvalue weighted by Gasteiger charge is -2.39. The molecule has 1 aromatic heterocycles. The van der Waals surface area contributed by atoms with Crippen LogP contribution >= 0.6 is 0 Å². The number of aromatic nitrogens is 1. The largest absolute Gasteiger partial charge is 0.492 e. The number of aliphatic carboxylic acids is 1. The fraction of sp³-hybridized carbons (Fsp3) is 0.381. The van der Waals surface area contributed by atoms with E-state index in [2.05, 4.69) is 9.88 Å². The Morgan fingerprint density at radius 1 is 1.07 bits per heavy atom. The number of carbonyl (C=O) groups is 2. The molecule has 0 spiro atoms. The molecular weight excluding hydrogens is 358 g/mol. The van der Waals surface area contributed by atoms with E-state index in [1.807, 2.05) is 35.2 Å². The molecule has 2 aromatic rings. The number of hydrogen-bond acceptors (Lipinski definition) is 6. The third-order valence-electron chi connectivity index (χ3n) is 5.21. The Kier molecular flexibility index (Phi) is 6.26. The number of Topliss-reactive ketones (excluding diaryl/α,β-unsaturated/α-hetero) is 1. The van der Waals surface area contributed by atoms with Gasteiger partial charge in [-0.2, -0.15) is 0 Å². The van der Waals surface area contributed by atoms with E-state index in [4.69, 9.17) is 4.74 Å². The molecule has 2 heterocycles. The van der Waals surface area contributed by atoms with E-state index in [9.17, 15) is 14.7 Å². The van der Waals surface area contributed by atoms with Gasteiger partial charge in [-0.05, 0) is 31.2 Å². The molecule has 1 saturated heterocycles. The first-order chi connectivity index (χ1) is 13.5. The van der Waals surface area contributed by atoms with Gasteiger partial charge in [-0.1, -0.05) is 18.2 Å². The number of carboxylic acid groups (broad SMARTS) is 1. The van der Waals surface area contributed by atoms with E-state index in [0.717, 1.165) is 18.8 Å². The van der Waals surface area contributed by atoms with E-state index < -0.39 is 17.2 Å². The van der Waals surface area contributed by atoms with Crippen LogP contribution in [0.3, 0.4) is 0 Å². The highest BCUT2D eigenvalue weighted by molar-refractivity contribution is 6.02. The lowest BCUT2D eigenvalue weighted by atomic mass is 9.84. The summed E-state index contributed by atoms with van der Waals surface area (Å²) in [6.07, 6.45) is 3.52. The number of hydrogen-bond donors (Lipinski definition) is 1. The van der Waals surface area contributed by atoms with Crippen LogP contribution in [0, 0.1) is 5.41 Å². The number of para-hydroxylation sites is 1. The quantitative estimate of drug-likeness (QED) is 0.698. The van der Waals surface area contributed by atoms with E-state index in [1.165, 1.54) is 6.92 Å². The second kappa shape index (κ2) is 8.84. The van der Waals surface area contributed by atoms with Crippen molar-refractivity contribution in [1.29, 1.82) is 0 Å².